The summed E-state index contributed by atoms with van der Waals surface area (Å²) in [6.07, 6.45) is -4.95. The van der Waals surface area contributed by atoms with Gasteiger partial charge >= 0.3 is 5.97 Å². The monoisotopic (exact) mass is 2050 g/mol. The number of rotatable bonds is 27. The van der Waals surface area contributed by atoms with Gasteiger partial charge in [0.05, 0.1) is 19.2 Å². The number of guanidine groups is 4. The third-order valence-electron chi connectivity index (χ3n) is 21.5. The van der Waals surface area contributed by atoms with Crippen molar-refractivity contribution < 1.29 is 101 Å². The Kier molecular flexibility index (Phi) is 51.5. The zero-order chi connectivity index (χ0) is 102. The molecule has 768 valence electrons. The Morgan fingerprint density at radius 3 is 1.00 bits per heavy atom. The van der Waals surface area contributed by atoms with Gasteiger partial charge in [-0.15, -0.1) is 0 Å². The fourth-order valence-electron chi connectivity index (χ4n) is 13.7. The van der Waals surface area contributed by atoms with Gasteiger partial charge in [0.15, 0.2) is 23.8 Å². The number of carbonyl (C=O) groups is 19. The zero-order valence-corrected chi connectivity index (χ0v) is 82.4. The number of aliphatic hydroxyl groups is 1. The molecule has 5 rings (SSSR count). The summed E-state index contributed by atoms with van der Waals surface area (Å²) < 4.78 is 0. The Hall–Kier alpha value is -11.7. The third kappa shape index (κ3) is 42.7. The molecule has 4 aliphatic heterocycles. The second kappa shape index (κ2) is 60.9. The Morgan fingerprint density at radius 1 is 0.362 bits per heavy atom. The van der Waals surface area contributed by atoms with Crippen LogP contribution in [0.15, 0.2) is 30.3 Å². The van der Waals surface area contributed by atoms with Crippen molar-refractivity contribution >= 4 is 201 Å². The van der Waals surface area contributed by atoms with E-state index in [1.165, 1.54) is 6.92 Å². The number of hydrogen-bond donors (Lipinski definition) is 32. The molecule has 36 N–H and O–H groups in total. The number of carboxylic acid groups (broad SMARTS) is 1. The van der Waals surface area contributed by atoms with Crippen molar-refractivity contribution in [1.82, 2.24) is 117 Å². The Labute approximate surface area is 821 Å². The van der Waals surface area contributed by atoms with E-state index in [0.29, 0.717) is 5.56 Å². The minimum Gasteiger partial charge on any atom is -0.481 e. The van der Waals surface area contributed by atoms with E-state index in [4.69, 9.17) is 44.6 Å². The highest BCUT2D eigenvalue weighted by molar-refractivity contribution is 8.77. The van der Waals surface area contributed by atoms with Crippen LogP contribution in [0.3, 0.4) is 0 Å². The fourth-order valence-corrected chi connectivity index (χ4v) is 20.7. The van der Waals surface area contributed by atoms with Gasteiger partial charge in [-0.25, -0.2) is 0 Å². The quantitative estimate of drug-likeness (QED) is 0.0168. The molecule has 1 aromatic rings. The summed E-state index contributed by atoms with van der Waals surface area (Å²) in [5.74, 6) is -28.4. The minimum atomic E-state index is -1.98. The van der Waals surface area contributed by atoms with Crippen LogP contribution in [0.1, 0.15) is 131 Å². The van der Waals surface area contributed by atoms with E-state index in [2.05, 4.69) is 117 Å². The van der Waals surface area contributed by atoms with Gasteiger partial charge in [-0.2, -0.15) is 0 Å². The number of carboxylic acids is 1. The molecule has 4 heterocycles. The summed E-state index contributed by atoms with van der Waals surface area (Å²) in [6.45, 7) is 8.79. The molecule has 18 atom stereocenters. The largest absolute Gasteiger partial charge is 0.481 e. The summed E-state index contributed by atoms with van der Waals surface area (Å²) in [6, 6.07) is -19.6. The third-order valence-corrected chi connectivity index (χ3v) is 28.7. The Bertz CT molecular complexity index is 4440. The van der Waals surface area contributed by atoms with Gasteiger partial charge in [0.2, 0.25) is 106 Å². The molecule has 0 saturated carbocycles. The molecule has 4 fully saturated rings. The van der Waals surface area contributed by atoms with Crippen LogP contribution in [0.4, 0.5) is 0 Å². The van der Waals surface area contributed by atoms with E-state index in [1.54, 1.807) is 65.0 Å². The van der Waals surface area contributed by atoms with E-state index in [9.17, 15) is 48.6 Å². The number of carbonyl (C=O) groups excluding carboxylic acids is 18. The molecule has 18 amide bonds. The smallest absolute Gasteiger partial charge is 0.303 e. The van der Waals surface area contributed by atoms with E-state index in [-0.39, 0.29) is 96.8 Å². The van der Waals surface area contributed by atoms with Crippen molar-refractivity contribution in [3.8, 4) is 0 Å². The van der Waals surface area contributed by atoms with Crippen molar-refractivity contribution in [3.05, 3.63) is 35.9 Å². The number of fused-ring (bicyclic) bond motifs is 15. The standard InChI is InChI=1S/C81H132N30O21S6/c1-8-40(6)60-76(131)108-55-37-138-134-33-51(106-68(123)49(29-42-16-10-9-11-17-42)96-56(113)30-94-63(118)44(19-13-25-91-79(84)85)101-77(132)61(41(7)112)111-74(55)129)70(125)100-47(22-23-58(115)116)66(121)103-52-34-135-137-36-54(73(128)110-60)104-65(120)46(21-15-27-93-81(88)89)99-71(126)53-35-136-133-32-50(105-67(122)48(28-38(2)3)102-72(52)127)69(124)98-45(20-14-26-92-80(86)87)64(119)97-43(18-12-24-90-78(82)83)62(117)95-31-57(114)109-59(39(4)5)75(130)107-53/h9-11,16-17,38-41,43-55,59-61,112H,8,12-15,18-37H2,1-7H3,(H,94,118)(H,95,117)(H,96,113)(H,97,119)(H,98,124)(H,99,126)(H,100,125)(H,101,132)(H,102,127)(H,103,121)(H,104,120)(H,105,122)(H,106,123)(H,107,130)(H,108,131)(H,109,114)(H,110,128)(H,111,129)(H,115,116)(H4,82,83,90)(H4,84,85,91)(H4,86,87,92)(H4,88,89,93)/t40-,41+,43-,44-,45-,46-,47-,48-,49-,50-,51-,52-,53-,54-,55-,59-,60-,61-/m0/s1. The zero-order valence-electron chi connectivity index (χ0n) is 77.5. The summed E-state index contributed by atoms with van der Waals surface area (Å²) in [4.78, 5) is 283. The maximum absolute atomic E-state index is 15.6. The van der Waals surface area contributed by atoms with Crippen LogP contribution in [0.5, 0.6) is 0 Å². The number of amides is 18. The average Bonchev–Trinajstić information content (AvgIpc) is 0.840. The molecule has 0 unspecified atom stereocenters. The van der Waals surface area contributed by atoms with Crippen molar-refractivity contribution in [2.24, 2.45) is 40.7 Å². The molecular formula is C81H132N30O21S6. The minimum absolute atomic E-state index is 0.000788. The number of aliphatic carboxylic acids is 1. The predicted molar refractivity (Wildman–Crippen MR) is 521 cm³/mol. The highest BCUT2D eigenvalue weighted by Gasteiger charge is 2.42. The molecule has 1 aromatic carbocycles. The maximum Gasteiger partial charge on any atom is 0.303 e. The lowest BCUT2D eigenvalue weighted by atomic mass is 9.97. The Balaban J connectivity index is 1.85. The van der Waals surface area contributed by atoms with Crippen molar-refractivity contribution in [1.29, 1.82) is 21.6 Å². The summed E-state index contributed by atoms with van der Waals surface area (Å²) >= 11 is 0. The second-order valence-electron chi connectivity index (χ2n) is 33.6. The predicted octanol–water partition coefficient (Wildman–Crippen LogP) is -8.54. The number of hydrogen-bond acceptors (Lipinski definition) is 30. The molecule has 51 nitrogen and oxygen atoms in total. The van der Waals surface area contributed by atoms with Crippen molar-refractivity contribution in [2.75, 3.05) is 73.8 Å². The lowest BCUT2D eigenvalue weighted by molar-refractivity contribution is -0.138. The van der Waals surface area contributed by atoms with E-state index >= 15 is 52.7 Å². The summed E-state index contributed by atoms with van der Waals surface area (Å²) in [7, 11) is 4.61. The SMILES string of the molecule is CC[C@H](C)[C@@H]1NC(=O)[C@@H]2CSSC[C@H](NC(=O)[C@H](CCC(=O)O)NC(=O)[C@@H]3CSSC[C@H](NC1=O)C(=O)N[C@@H]([C@@H](C)O)C(=O)N[C@@H](CCCNC(=N)N)C(=O)NCC(=O)N[C@@H](Cc1ccccc1)C(=O)N3)C(=O)N[C@@H](CC(C)C)C(=O)N[C@H]1CSSC[C@H](NC(=O)[C@H](C(C)C)NC(=O)CNC(=O)[C@H](CCCNC(=N)N)NC(=O)[C@H](CCCNC(=N)N)NC1=O)C(=O)N[C@@H](CCCNC(=N)N)C(=O)N2. The molecule has 6 bridgehead atoms. The molecule has 0 aliphatic carbocycles. The van der Waals surface area contributed by atoms with Crippen LogP contribution in [0, 0.1) is 39.4 Å². The van der Waals surface area contributed by atoms with Crippen LogP contribution in [-0.2, 0) is 97.5 Å². The van der Waals surface area contributed by atoms with Gasteiger partial charge in [-0.1, -0.05) is 143 Å². The molecule has 4 saturated heterocycles. The van der Waals surface area contributed by atoms with Gasteiger partial charge in [0.1, 0.15) is 96.7 Å². The number of benzene rings is 1. The van der Waals surface area contributed by atoms with E-state index in [0.717, 1.165) is 71.7 Å². The first-order valence-electron chi connectivity index (χ1n) is 44.7. The summed E-state index contributed by atoms with van der Waals surface area (Å²) in [5, 5.41) is 109. The van der Waals surface area contributed by atoms with Crippen LogP contribution in [-0.4, -0.2) is 323 Å². The maximum atomic E-state index is 15.6. The first-order valence-corrected chi connectivity index (χ1v) is 52.2. The Morgan fingerprint density at radius 2 is 0.652 bits per heavy atom. The van der Waals surface area contributed by atoms with Gasteiger partial charge in [0.25, 0.3) is 0 Å². The van der Waals surface area contributed by atoms with Gasteiger partial charge in [-0.05, 0) is 94.4 Å². The molecule has 0 aromatic heterocycles. The lowest BCUT2D eigenvalue weighted by Crippen LogP contribution is -2.63. The molecular weight excluding hydrogens is 1920 g/mol. The molecule has 57 heteroatoms. The number of nitrogens with two attached hydrogens (primary N) is 4. The number of aliphatic hydroxyl groups excluding tert-OH is 1. The lowest BCUT2D eigenvalue weighted by Gasteiger charge is -2.30. The topological polar surface area (TPSA) is 829 Å². The highest BCUT2D eigenvalue weighted by Crippen LogP contribution is 2.28. The second-order valence-corrected chi connectivity index (χ2v) is 41.2. The summed E-state index contributed by atoms with van der Waals surface area (Å²) in [5.41, 5.74) is 22.7. The molecule has 4 aliphatic rings. The highest BCUT2D eigenvalue weighted by atomic mass is 33.1. The van der Waals surface area contributed by atoms with Crippen LogP contribution in [0.25, 0.3) is 0 Å². The molecule has 0 radical (unpaired) electrons. The molecule has 138 heavy (non-hydrogen) atoms. The first kappa shape index (κ1) is 117. The van der Waals surface area contributed by atoms with E-state index in [1.807, 2.05) is 0 Å². The van der Waals surface area contributed by atoms with Crippen molar-refractivity contribution in [2.45, 2.75) is 235 Å². The fraction of sp³-hybridized carbons (Fsp3) is 0.642. The van der Waals surface area contributed by atoms with Gasteiger partial charge in [0, 0.05) is 73.5 Å². The van der Waals surface area contributed by atoms with Crippen LogP contribution >= 0.6 is 64.8 Å². The average molecular weight is 2050 g/mol. The van der Waals surface area contributed by atoms with Crippen LogP contribution < -0.4 is 140 Å². The van der Waals surface area contributed by atoms with Gasteiger partial charge in [-0.3, -0.25) is 113 Å². The normalized spacial score (nSPS) is 26.3. The van der Waals surface area contributed by atoms with Gasteiger partial charge < -0.3 is 150 Å². The number of nitrogens with one attached hydrogen (secondary N) is 26. The van der Waals surface area contributed by atoms with E-state index < -0.39 is 317 Å². The molecule has 0 spiro atoms. The van der Waals surface area contributed by atoms with Crippen molar-refractivity contribution in [3.63, 3.8) is 0 Å². The van der Waals surface area contributed by atoms with Crippen LogP contribution in [0.2, 0.25) is 0 Å². The first-order chi connectivity index (χ1) is 65.3.